The SMILES string of the molecule is CN1C(=O)N(CCO)Cc2ccc(NC(=O)/C=C3\CC4(CCC4)Oc4cc(C(F)(F)F)ccc43)cc21. The van der Waals surface area contributed by atoms with Crippen molar-refractivity contribution in [3.8, 4) is 5.75 Å². The maximum absolute atomic E-state index is 13.3. The second kappa shape index (κ2) is 8.85. The van der Waals surface area contributed by atoms with Gasteiger partial charge in [-0.2, -0.15) is 13.2 Å². The van der Waals surface area contributed by atoms with Crippen molar-refractivity contribution in [2.24, 2.45) is 0 Å². The molecule has 2 aliphatic heterocycles. The Kier molecular flexibility index (Phi) is 5.94. The van der Waals surface area contributed by atoms with Crippen LogP contribution in [0.25, 0.3) is 5.57 Å². The van der Waals surface area contributed by atoms with Gasteiger partial charge in [-0.05, 0) is 54.7 Å². The minimum atomic E-state index is -4.49. The van der Waals surface area contributed by atoms with Crippen LogP contribution in [0.2, 0.25) is 0 Å². The standard InChI is InChI=1S/C26H26F3N3O4/c1-31-21-13-19(5-3-16(21)15-32(9-10-33)24(31)35)30-23(34)11-17-14-25(7-2-8-25)36-22-12-18(26(27,28)29)4-6-20(17)22/h3-6,11-13,33H,2,7-10,14-15H2,1H3,(H,30,34)/b17-11+. The van der Waals surface area contributed by atoms with E-state index in [1.807, 2.05) is 6.07 Å². The van der Waals surface area contributed by atoms with Crippen molar-refractivity contribution in [2.45, 2.75) is 44.0 Å². The third-order valence-corrected chi connectivity index (χ3v) is 7.07. The van der Waals surface area contributed by atoms with Gasteiger partial charge in [0.2, 0.25) is 5.91 Å². The van der Waals surface area contributed by atoms with Crippen LogP contribution in [-0.2, 0) is 17.5 Å². The monoisotopic (exact) mass is 501 g/mol. The molecular weight excluding hydrogens is 475 g/mol. The number of anilines is 2. The van der Waals surface area contributed by atoms with Gasteiger partial charge in [-0.1, -0.05) is 12.1 Å². The van der Waals surface area contributed by atoms with E-state index in [1.54, 1.807) is 19.2 Å². The van der Waals surface area contributed by atoms with Gasteiger partial charge in [-0.25, -0.2) is 4.79 Å². The van der Waals surface area contributed by atoms with Gasteiger partial charge in [0.1, 0.15) is 11.4 Å². The molecule has 2 heterocycles. The summed E-state index contributed by atoms with van der Waals surface area (Å²) in [6, 6.07) is 8.39. The predicted octanol–water partition coefficient (Wildman–Crippen LogP) is 4.80. The van der Waals surface area contributed by atoms with Crippen LogP contribution in [0, 0.1) is 0 Å². The first-order valence-electron chi connectivity index (χ1n) is 11.8. The third-order valence-electron chi connectivity index (χ3n) is 7.07. The summed E-state index contributed by atoms with van der Waals surface area (Å²) >= 11 is 0. The van der Waals surface area contributed by atoms with Crippen molar-refractivity contribution < 1.29 is 32.6 Å². The largest absolute Gasteiger partial charge is 0.486 e. The van der Waals surface area contributed by atoms with Crippen LogP contribution in [0.4, 0.5) is 29.3 Å². The highest BCUT2D eigenvalue weighted by molar-refractivity contribution is 6.05. The van der Waals surface area contributed by atoms with Gasteiger partial charge in [0, 0.05) is 43.9 Å². The van der Waals surface area contributed by atoms with E-state index in [4.69, 9.17) is 4.74 Å². The van der Waals surface area contributed by atoms with Crippen molar-refractivity contribution in [3.63, 3.8) is 0 Å². The molecule has 0 bridgehead atoms. The number of carbonyl (C=O) groups excluding carboxylic acids is 2. The molecule has 5 rings (SSSR count). The summed E-state index contributed by atoms with van der Waals surface area (Å²) in [5.74, 6) is -0.268. The number of alkyl halides is 3. The number of fused-ring (bicyclic) bond motifs is 2. The molecule has 2 N–H and O–H groups in total. The maximum Gasteiger partial charge on any atom is 0.416 e. The Bertz CT molecular complexity index is 1250. The number of ether oxygens (including phenoxy) is 1. The van der Waals surface area contributed by atoms with Crippen molar-refractivity contribution >= 4 is 28.9 Å². The molecular formula is C26H26F3N3O4. The first-order valence-corrected chi connectivity index (χ1v) is 11.8. The van der Waals surface area contributed by atoms with Gasteiger partial charge in [-0.15, -0.1) is 0 Å². The Morgan fingerprint density at radius 3 is 2.67 bits per heavy atom. The molecule has 10 heteroatoms. The van der Waals surface area contributed by atoms with Gasteiger partial charge in [0.15, 0.2) is 0 Å². The van der Waals surface area contributed by atoms with Crippen LogP contribution >= 0.6 is 0 Å². The number of nitrogens with one attached hydrogen (secondary N) is 1. The minimum Gasteiger partial charge on any atom is -0.486 e. The van der Waals surface area contributed by atoms with E-state index in [-0.39, 0.29) is 24.9 Å². The fraction of sp³-hybridized carbons (Fsp3) is 0.385. The van der Waals surface area contributed by atoms with Crippen molar-refractivity contribution in [1.82, 2.24) is 4.90 Å². The summed E-state index contributed by atoms with van der Waals surface area (Å²) in [4.78, 5) is 28.5. The lowest BCUT2D eigenvalue weighted by Crippen LogP contribution is -2.46. The number of aliphatic hydroxyl groups excluding tert-OH is 1. The van der Waals surface area contributed by atoms with Gasteiger partial charge >= 0.3 is 12.2 Å². The van der Waals surface area contributed by atoms with E-state index in [9.17, 15) is 27.9 Å². The fourth-order valence-corrected chi connectivity index (χ4v) is 5.05. The average molecular weight is 502 g/mol. The number of rotatable bonds is 4. The summed E-state index contributed by atoms with van der Waals surface area (Å²) < 4.78 is 45.8. The average Bonchev–Trinajstić information content (AvgIpc) is 2.81. The molecule has 0 radical (unpaired) electrons. The lowest BCUT2D eigenvalue weighted by atomic mass is 9.72. The molecule has 2 aromatic rings. The zero-order valence-electron chi connectivity index (χ0n) is 19.7. The van der Waals surface area contributed by atoms with E-state index in [1.165, 1.54) is 21.9 Å². The molecule has 1 aliphatic carbocycles. The van der Waals surface area contributed by atoms with Gasteiger partial charge < -0.3 is 20.1 Å². The van der Waals surface area contributed by atoms with Gasteiger partial charge in [-0.3, -0.25) is 9.69 Å². The van der Waals surface area contributed by atoms with Crippen LogP contribution in [0.3, 0.4) is 0 Å². The molecule has 0 atom stereocenters. The highest BCUT2D eigenvalue weighted by Gasteiger charge is 2.44. The molecule has 0 saturated heterocycles. The first kappa shape index (κ1) is 24.2. The number of nitrogens with zero attached hydrogens (tertiary/aromatic N) is 2. The molecule has 2 aromatic carbocycles. The topological polar surface area (TPSA) is 82.1 Å². The second-order valence-corrected chi connectivity index (χ2v) is 9.51. The van der Waals surface area contributed by atoms with E-state index in [0.717, 1.165) is 37.0 Å². The lowest BCUT2D eigenvalue weighted by molar-refractivity contribution is -0.138. The number of amides is 3. The number of benzene rings is 2. The third kappa shape index (κ3) is 4.41. The highest BCUT2D eigenvalue weighted by atomic mass is 19.4. The number of carbonyl (C=O) groups is 2. The zero-order chi connectivity index (χ0) is 25.7. The highest BCUT2D eigenvalue weighted by Crippen LogP contribution is 2.50. The molecule has 7 nitrogen and oxygen atoms in total. The molecule has 3 amide bonds. The van der Waals surface area contributed by atoms with E-state index < -0.39 is 23.2 Å². The van der Waals surface area contributed by atoms with Crippen molar-refractivity contribution in [3.05, 3.63) is 59.2 Å². The van der Waals surface area contributed by atoms with E-state index >= 15 is 0 Å². The number of hydrogen-bond donors (Lipinski definition) is 2. The molecule has 190 valence electrons. The van der Waals surface area contributed by atoms with Crippen LogP contribution in [-0.4, -0.2) is 47.7 Å². The number of hydrogen-bond acceptors (Lipinski definition) is 4. The van der Waals surface area contributed by atoms with Crippen LogP contribution in [0.15, 0.2) is 42.5 Å². The predicted molar refractivity (Wildman–Crippen MR) is 128 cm³/mol. The van der Waals surface area contributed by atoms with Crippen molar-refractivity contribution in [2.75, 3.05) is 30.4 Å². The van der Waals surface area contributed by atoms with Crippen LogP contribution < -0.4 is 15.0 Å². The van der Waals surface area contributed by atoms with Gasteiger partial charge in [0.05, 0.1) is 17.9 Å². The first-order chi connectivity index (χ1) is 17.1. The quantitative estimate of drug-likeness (QED) is 0.590. The maximum atomic E-state index is 13.3. The molecule has 1 fully saturated rings. The Labute approximate surface area is 206 Å². The molecule has 0 unspecified atom stereocenters. The number of β-amino-alcohol motifs (C(OH)–C–C–N with tert-alkyl or cyclic N) is 1. The number of urea groups is 1. The Hall–Kier alpha value is -3.53. The lowest BCUT2D eigenvalue weighted by Gasteiger charge is -2.46. The Morgan fingerprint density at radius 1 is 1.22 bits per heavy atom. The van der Waals surface area contributed by atoms with Gasteiger partial charge in [0.25, 0.3) is 0 Å². The smallest absolute Gasteiger partial charge is 0.416 e. The molecule has 3 aliphatic rings. The summed E-state index contributed by atoms with van der Waals surface area (Å²) in [5.41, 5.74) is 1.79. The minimum absolute atomic E-state index is 0.134. The molecule has 1 spiro atoms. The fourth-order valence-electron chi connectivity index (χ4n) is 5.05. The summed E-state index contributed by atoms with van der Waals surface area (Å²) in [6.07, 6.45) is -0.252. The van der Waals surface area contributed by atoms with E-state index in [2.05, 4.69) is 5.32 Å². The Balaban J connectivity index is 1.40. The molecule has 1 saturated carbocycles. The summed E-state index contributed by atoms with van der Waals surface area (Å²) in [7, 11) is 1.63. The number of aliphatic hydroxyl groups is 1. The molecule has 0 aromatic heterocycles. The van der Waals surface area contributed by atoms with Crippen LogP contribution in [0.5, 0.6) is 5.75 Å². The van der Waals surface area contributed by atoms with Crippen molar-refractivity contribution in [1.29, 1.82) is 0 Å². The number of halogens is 3. The van der Waals surface area contributed by atoms with E-state index in [0.29, 0.717) is 35.5 Å². The summed E-state index contributed by atoms with van der Waals surface area (Å²) in [6.45, 7) is 0.451. The molecule has 36 heavy (non-hydrogen) atoms. The zero-order valence-corrected chi connectivity index (χ0v) is 19.7. The summed E-state index contributed by atoms with van der Waals surface area (Å²) in [5, 5.41) is 12.0. The Morgan fingerprint density at radius 2 is 2.00 bits per heavy atom. The second-order valence-electron chi connectivity index (χ2n) is 9.51. The normalized spacial score (nSPS) is 19.5. The van der Waals surface area contributed by atoms with Crippen LogP contribution in [0.1, 0.15) is 42.4 Å².